The van der Waals surface area contributed by atoms with Gasteiger partial charge in [0.25, 0.3) is 0 Å². The molecule has 0 rings (SSSR count). The average molecular weight is 157 g/mol. The largest absolute Gasteiger partial charge is 0.330 e. The van der Waals surface area contributed by atoms with Crippen molar-refractivity contribution < 1.29 is 0 Å². The van der Waals surface area contributed by atoms with Gasteiger partial charge in [-0.05, 0) is 24.9 Å². The Labute approximate surface area is 66.0 Å². The Hall–Kier alpha value is 0.177. The van der Waals surface area contributed by atoms with Crippen LogP contribution in [0.15, 0.2) is 0 Å². The summed E-state index contributed by atoms with van der Waals surface area (Å²) in [6.07, 6.45) is 0.996. The predicted molar refractivity (Wildman–Crippen MR) is 50.2 cm³/mol. The molecule has 0 aromatic carbocycles. The highest BCUT2D eigenvalue weighted by Gasteiger charge is 2.23. The molecule has 0 heterocycles. The fraction of sp³-hybridized carbons (Fsp3) is 0.750. The molecule has 60 valence electrons. The van der Waals surface area contributed by atoms with Gasteiger partial charge in [0.1, 0.15) is 0 Å². The monoisotopic (exact) mass is 157 g/mol. The maximum Gasteiger partial charge on any atom is 0.0632 e. The van der Waals surface area contributed by atoms with Crippen LogP contribution in [0.25, 0.3) is 0 Å². The molecule has 0 aliphatic carbocycles. The van der Waals surface area contributed by atoms with Crippen molar-refractivity contribution >= 4 is 8.07 Å². The van der Waals surface area contributed by atoms with E-state index < -0.39 is 8.07 Å². The summed E-state index contributed by atoms with van der Waals surface area (Å²) in [7, 11) is -1.11. The first-order valence-corrected chi connectivity index (χ1v) is 7.31. The smallest absolute Gasteiger partial charge is 0.0632 e. The van der Waals surface area contributed by atoms with Crippen LogP contribution in [-0.2, 0) is 0 Å². The molecule has 0 aromatic rings. The van der Waals surface area contributed by atoms with Gasteiger partial charge in [-0.15, -0.1) is 0 Å². The molecule has 2 heteroatoms. The molecule has 0 spiro atoms. The van der Waals surface area contributed by atoms with Gasteiger partial charge in [-0.2, -0.15) is 0 Å². The highest BCUT2D eigenvalue weighted by atomic mass is 28.3. The van der Waals surface area contributed by atoms with Gasteiger partial charge in [0.2, 0.25) is 0 Å². The van der Waals surface area contributed by atoms with Crippen LogP contribution < -0.4 is 5.73 Å². The van der Waals surface area contributed by atoms with Crippen molar-refractivity contribution in [3.63, 3.8) is 0 Å². The summed E-state index contributed by atoms with van der Waals surface area (Å²) in [5, 5.41) is 0. The number of rotatable bonds is 3. The van der Waals surface area contributed by atoms with Gasteiger partial charge in [-0.1, -0.05) is 26.6 Å². The molecular weight excluding hydrogens is 138 g/mol. The first-order chi connectivity index (χ1) is 4.34. The van der Waals surface area contributed by atoms with E-state index in [9.17, 15) is 0 Å². The van der Waals surface area contributed by atoms with Gasteiger partial charge >= 0.3 is 0 Å². The minimum atomic E-state index is -1.11. The third-order valence-corrected chi connectivity index (χ3v) is 4.11. The minimum absolute atomic E-state index is 0.380. The molecule has 0 aliphatic rings. The Morgan fingerprint density at radius 2 is 1.90 bits per heavy atom. The number of hydrogen-bond donors (Lipinski definition) is 1. The molecule has 10 heavy (non-hydrogen) atoms. The topological polar surface area (TPSA) is 26.0 Å². The average Bonchev–Trinajstić information content (AvgIpc) is 1.60. The second-order valence-electron chi connectivity index (χ2n) is 4.13. The van der Waals surface area contributed by atoms with E-state index >= 15 is 0 Å². The van der Waals surface area contributed by atoms with E-state index in [4.69, 9.17) is 5.73 Å². The van der Waals surface area contributed by atoms with Gasteiger partial charge in [0.05, 0.1) is 8.07 Å². The van der Waals surface area contributed by atoms with Crippen molar-refractivity contribution in [1.29, 1.82) is 0 Å². The van der Waals surface area contributed by atoms with Gasteiger partial charge in [0, 0.05) is 0 Å². The normalized spacial score (nSPS) is 15.9. The Balaban J connectivity index is 3.73. The van der Waals surface area contributed by atoms with E-state index in [-0.39, 0.29) is 0 Å². The summed E-state index contributed by atoms with van der Waals surface area (Å²) < 4.78 is 0. The number of hydrogen-bond acceptors (Lipinski definition) is 1. The van der Waals surface area contributed by atoms with Gasteiger partial charge in [-0.3, -0.25) is 0 Å². The van der Waals surface area contributed by atoms with Gasteiger partial charge in [-0.25, -0.2) is 0 Å². The van der Waals surface area contributed by atoms with Crippen LogP contribution in [0.2, 0.25) is 19.6 Å². The molecule has 1 atom stereocenters. The van der Waals surface area contributed by atoms with Crippen LogP contribution >= 0.6 is 0 Å². The van der Waals surface area contributed by atoms with Crippen LogP contribution in [0.3, 0.4) is 0 Å². The van der Waals surface area contributed by atoms with Crippen molar-refractivity contribution in [2.24, 2.45) is 5.73 Å². The summed E-state index contributed by atoms with van der Waals surface area (Å²) in [5.74, 6) is 1.20. The Kier molecular flexibility index (Phi) is 3.60. The minimum Gasteiger partial charge on any atom is -0.330 e. The molecule has 0 bridgehead atoms. The van der Waals surface area contributed by atoms with Crippen molar-refractivity contribution in [2.75, 3.05) is 0 Å². The zero-order valence-corrected chi connectivity index (χ0v) is 8.57. The highest BCUT2D eigenvalue weighted by molar-refractivity contribution is 6.77. The zero-order chi connectivity index (χ0) is 8.36. The lowest BCUT2D eigenvalue weighted by Crippen LogP contribution is -2.45. The molecule has 2 radical (unpaired) electrons. The molecule has 0 saturated heterocycles. The van der Waals surface area contributed by atoms with Crippen molar-refractivity contribution in [2.45, 2.75) is 38.7 Å². The first-order valence-electron chi connectivity index (χ1n) is 3.74. The van der Waals surface area contributed by atoms with Crippen LogP contribution in [0, 0.1) is 12.8 Å². The van der Waals surface area contributed by atoms with Crippen LogP contribution in [-0.4, -0.2) is 13.7 Å². The zero-order valence-electron chi connectivity index (χ0n) is 7.57. The van der Waals surface area contributed by atoms with E-state index in [1.165, 1.54) is 5.92 Å². The Morgan fingerprint density at radius 3 is 2.00 bits per heavy atom. The summed E-state index contributed by atoms with van der Waals surface area (Å²) in [6, 6.07) is 0. The molecule has 1 nitrogen and oxygen atoms in total. The Morgan fingerprint density at radius 1 is 1.50 bits per heavy atom. The second kappa shape index (κ2) is 3.53. The molecule has 0 fully saturated rings. The van der Waals surface area contributed by atoms with Gasteiger partial charge < -0.3 is 5.73 Å². The lowest BCUT2D eigenvalue weighted by Gasteiger charge is -2.26. The van der Waals surface area contributed by atoms with Crippen molar-refractivity contribution in [3.8, 4) is 0 Å². The molecule has 1 unspecified atom stereocenters. The van der Waals surface area contributed by atoms with Gasteiger partial charge in [0.15, 0.2) is 0 Å². The number of nitrogens with two attached hydrogens (primary N) is 1. The van der Waals surface area contributed by atoms with Crippen molar-refractivity contribution in [3.05, 3.63) is 12.8 Å². The molecule has 0 saturated carbocycles. The standard InChI is InChI=1S/C8H19NSi/c1-7(2)6-8(9)10(3,4)5/h8H,1,6,9H2,2-5H3. The summed E-state index contributed by atoms with van der Waals surface area (Å²) in [5.41, 5.74) is 6.33. The van der Waals surface area contributed by atoms with Crippen LogP contribution in [0.4, 0.5) is 0 Å². The molecular formula is C8H19NSi. The molecule has 0 amide bonds. The van der Waals surface area contributed by atoms with E-state index in [2.05, 4.69) is 26.6 Å². The summed E-state index contributed by atoms with van der Waals surface area (Å²) >= 11 is 0. The van der Waals surface area contributed by atoms with Crippen LogP contribution in [0.1, 0.15) is 13.3 Å². The van der Waals surface area contributed by atoms with E-state index in [1.54, 1.807) is 0 Å². The predicted octanol–water partition coefficient (Wildman–Crippen LogP) is 2.01. The molecule has 2 N–H and O–H groups in total. The third-order valence-electron chi connectivity index (χ3n) is 1.68. The SMILES string of the molecule is [CH2][C](C)CC(N)[Si](C)(C)C. The highest BCUT2D eigenvalue weighted by Crippen LogP contribution is 2.14. The maximum absolute atomic E-state index is 5.95. The van der Waals surface area contributed by atoms with E-state index in [1.807, 2.05) is 6.92 Å². The molecule has 0 aromatic heterocycles. The lowest BCUT2D eigenvalue weighted by atomic mass is 10.1. The Bertz CT molecular complexity index is 93.9. The maximum atomic E-state index is 5.95. The first kappa shape index (κ1) is 10.2. The fourth-order valence-corrected chi connectivity index (χ4v) is 1.64. The molecule has 0 aliphatic heterocycles. The lowest BCUT2D eigenvalue weighted by molar-refractivity contribution is 0.789. The second-order valence-corrected chi connectivity index (χ2v) is 9.61. The summed E-state index contributed by atoms with van der Waals surface area (Å²) in [4.78, 5) is 0. The third kappa shape index (κ3) is 4.07. The van der Waals surface area contributed by atoms with Crippen LogP contribution in [0.5, 0.6) is 0 Å². The van der Waals surface area contributed by atoms with Crippen molar-refractivity contribution in [1.82, 2.24) is 0 Å². The van der Waals surface area contributed by atoms with E-state index in [0.717, 1.165) is 6.42 Å². The fourth-order valence-electron chi connectivity index (χ4n) is 0.682. The quantitative estimate of drug-likeness (QED) is 0.623. The summed E-state index contributed by atoms with van der Waals surface area (Å²) in [6.45, 7) is 12.8. The van der Waals surface area contributed by atoms with E-state index in [0.29, 0.717) is 5.67 Å².